The zero-order chi connectivity index (χ0) is 23.6. The summed E-state index contributed by atoms with van der Waals surface area (Å²) in [5.41, 5.74) is 1.32. The molecule has 1 amide bonds. The predicted molar refractivity (Wildman–Crippen MR) is 121 cm³/mol. The lowest BCUT2D eigenvalue weighted by molar-refractivity contribution is 0.0801. The van der Waals surface area contributed by atoms with E-state index in [1.807, 2.05) is 13.0 Å². The summed E-state index contributed by atoms with van der Waals surface area (Å²) < 4.78 is 16.2. The Bertz CT molecular complexity index is 882. The Kier molecular flexibility index (Phi) is 9.47. The number of rotatable bonds is 12. The Hall–Kier alpha value is -2.69. The Morgan fingerprint density at radius 2 is 2.15 bits per heavy atom. The molecule has 10 nitrogen and oxygen atoms in total. The summed E-state index contributed by atoms with van der Waals surface area (Å²) in [6, 6.07) is 5.92. The van der Waals surface area contributed by atoms with Crippen molar-refractivity contribution in [3.63, 3.8) is 0 Å². The molecule has 1 fully saturated rings. The number of methoxy groups -OCH3 is 1. The molecule has 0 aliphatic carbocycles. The minimum absolute atomic E-state index is 0.00964. The van der Waals surface area contributed by atoms with Crippen molar-refractivity contribution in [1.29, 1.82) is 0 Å². The smallest absolute Gasteiger partial charge is 0.324 e. The van der Waals surface area contributed by atoms with Crippen LogP contribution >= 0.6 is 0 Å². The van der Waals surface area contributed by atoms with Gasteiger partial charge in [0.2, 0.25) is 0 Å². The van der Waals surface area contributed by atoms with Gasteiger partial charge in [-0.25, -0.2) is 0 Å². The van der Waals surface area contributed by atoms with Crippen LogP contribution in [0.2, 0.25) is 0 Å². The second kappa shape index (κ2) is 12.5. The highest BCUT2D eigenvalue weighted by Gasteiger charge is 2.23. The molecule has 0 radical (unpaired) electrons. The fourth-order valence-electron chi connectivity index (χ4n) is 3.89. The normalized spacial score (nSPS) is 15.5. The van der Waals surface area contributed by atoms with Crippen molar-refractivity contribution < 1.29 is 29.0 Å². The van der Waals surface area contributed by atoms with Crippen LogP contribution in [0.4, 0.5) is 6.01 Å². The number of benzene rings is 1. The Labute approximate surface area is 193 Å². The van der Waals surface area contributed by atoms with Crippen molar-refractivity contribution in [2.45, 2.75) is 45.3 Å². The van der Waals surface area contributed by atoms with Crippen LogP contribution in [0, 0.1) is 12.8 Å². The van der Waals surface area contributed by atoms with Crippen LogP contribution < -0.4 is 15.0 Å². The molecule has 3 rings (SSSR count). The quantitative estimate of drug-likeness (QED) is 0.403. The first-order valence-electron chi connectivity index (χ1n) is 11.4. The summed E-state index contributed by atoms with van der Waals surface area (Å²) >= 11 is 0. The van der Waals surface area contributed by atoms with E-state index in [2.05, 4.69) is 20.4 Å². The summed E-state index contributed by atoms with van der Waals surface area (Å²) in [5, 5.41) is 24.7. The molecule has 182 valence electrons. The van der Waals surface area contributed by atoms with E-state index in [-0.39, 0.29) is 19.1 Å². The molecule has 0 bridgehead atoms. The number of nitrogens with zero attached hydrogens (tertiary/aromatic N) is 3. The second-order valence-electron chi connectivity index (χ2n) is 8.37. The number of nitrogens with one attached hydrogen (secondary N) is 1. The maximum atomic E-state index is 12.2. The van der Waals surface area contributed by atoms with Crippen molar-refractivity contribution in [3.8, 4) is 5.75 Å². The summed E-state index contributed by atoms with van der Waals surface area (Å²) in [6.07, 6.45) is 3.26. The van der Waals surface area contributed by atoms with Gasteiger partial charge in [-0.1, -0.05) is 5.16 Å². The number of hydrogen-bond donors (Lipinski definition) is 3. The van der Waals surface area contributed by atoms with Crippen LogP contribution in [0.3, 0.4) is 0 Å². The van der Waals surface area contributed by atoms with E-state index in [9.17, 15) is 9.90 Å². The first-order valence-corrected chi connectivity index (χ1v) is 11.4. The molecule has 3 N–H and O–H groups in total. The van der Waals surface area contributed by atoms with E-state index in [0.717, 1.165) is 50.1 Å². The topological polar surface area (TPSA) is 130 Å². The van der Waals surface area contributed by atoms with Gasteiger partial charge in [0.1, 0.15) is 12.4 Å². The number of hydrogen-bond acceptors (Lipinski definition) is 9. The fourth-order valence-corrected chi connectivity index (χ4v) is 3.89. The van der Waals surface area contributed by atoms with Crippen molar-refractivity contribution >= 4 is 11.9 Å². The van der Waals surface area contributed by atoms with Crippen molar-refractivity contribution in [3.05, 3.63) is 35.2 Å². The van der Waals surface area contributed by atoms with Gasteiger partial charge in [-0.05, 0) is 62.3 Å². The van der Waals surface area contributed by atoms with Crippen molar-refractivity contribution in [1.82, 2.24) is 15.5 Å². The molecule has 1 aliphatic rings. The first-order chi connectivity index (χ1) is 16.0. The number of aliphatic hydroxyl groups excluding tert-OH is 2. The van der Waals surface area contributed by atoms with E-state index in [4.69, 9.17) is 19.1 Å². The third kappa shape index (κ3) is 7.41. The summed E-state index contributed by atoms with van der Waals surface area (Å²) in [5.74, 6) is 1.66. The highest BCUT2D eigenvalue weighted by molar-refractivity contribution is 5.95. The van der Waals surface area contributed by atoms with Crippen molar-refractivity contribution in [2.24, 2.45) is 5.92 Å². The number of anilines is 1. The molecule has 10 heteroatoms. The van der Waals surface area contributed by atoms with E-state index >= 15 is 0 Å². The van der Waals surface area contributed by atoms with Crippen LogP contribution in [0.25, 0.3) is 0 Å². The predicted octanol–water partition coefficient (Wildman–Crippen LogP) is 1.68. The SMILES string of the molecule is COCc1noc(N2CCC(CCCOc3ccc(C(=O)NCC(O)CO)c(C)c3)CC2)n1. The number of amides is 1. The van der Waals surface area contributed by atoms with E-state index in [1.165, 1.54) is 0 Å². The Morgan fingerprint density at radius 3 is 2.85 bits per heavy atom. The number of piperidine rings is 1. The number of ether oxygens (including phenoxy) is 2. The van der Waals surface area contributed by atoms with Crippen LogP contribution in [-0.4, -0.2) is 72.3 Å². The average Bonchev–Trinajstić information content (AvgIpc) is 3.29. The van der Waals surface area contributed by atoms with Gasteiger partial charge in [-0.15, -0.1) is 0 Å². The molecule has 0 spiro atoms. The van der Waals surface area contributed by atoms with Gasteiger partial charge in [-0.2, -0.15) is 4.98 Å². The maximum absolute atomic E-state index is 12.2. The zero-order valence-corrected chi connectivity index (χ0v) is 19.3. The second-order valence-corrected chi connectivity index (χ2v) is 8.37. The van der Waals surface area contributed by atoms with Crippen molar-refractivity contribution in [2.75, 3.05) is 44.9 Å². The zero-order valence-electron chi connectivity index (χ0n) is 19.3. The average molecular weight is 463 g/mol. The highest BCUT2D eigenvalue weighted by Crippen LogP contribution is 2.25. The molecule has 2 heterocycles. The van der Waals surface area contributed by atoms with Crippen LogP contribution in [0.1, 0.15) is 47.4 Å². The first kappa shape index (κ1) is 24.9. The molecule has 1 aliphatic heterocycles. The summed E-state index contributed by atoms with van der Waals surface area (Å²) in [6.45, 7) is 4.24. The molecular weight excluding hydrogens is 428 g/mol. The summed E-state index contributed by atoms with van der Waals surface area (Å²) in [7, 11) is 1.61. The number of carbonyl (C=O) groups is 1. The van der Waals surface area contributed by atoms with Gasteiger partial charge < -0.3 is 34.4 Å². The van der Waals surface area contributed by atoms with Crippen LogP contribution in [0.15, 0.2) is 22.7 Å². The lowest BCUT2D eigenvalue weighted by Gasteiger charge is -2.30. The standard InChI is InChI=1S/C23H34N4O6/c1-16-12-19(5-6-20(16)22(30)24-13-18(29)14-28)32-11-3-4-17-7-9-27(10-8-17)23-25-21(15-31-2)26-33-23/h5-6,12,17-18,28-29H,3-4,7-11,13-15H2,1-2H3,(H,24,30). The van der Waals surface area contributed by atoms with E-state index < -0.39 is 6.10 Å². The molecule has 1 saturated heterocycles. The number of aliphatic hydroxyl groups is 2. The largest absolute Gasteiger partial charge is 0.494 e. The minimum Gasteiger partial charge on any atom is -0.494 e. The molecule has 1 aromatic carbocycles. The molecular formula is C23H34N4O6. The van der Waals surface area contributed by atoms with Gasteiger partial charge in [0.05, 0.1) is 19.3 Å². The molecule has 1 unspecified atom stereocenters. The van der Waals surface area contributed by atoms with E-state index in [1.54, 1.807) is 19.2 Å². The van der Waals surface area contributed by atoms with Crippen LogP contribution in [0.5, 0.6) is 5.75 Å². The minimum atomic E-state index is -0.961. The van der Waals surface area contributed by atoms with E-state index in [0.29, 0.717) is 36.5 Å². The highest BCUT2D eigenvalue weighted by atomic mass is 16.5. The van der Waals surface area contributed by atoms with Gasteiger partial charge >= 0.3 is 6.01 Å². The fraction of sp³-hybridized carbons (Fsp3) is 0.609. The molecule has 1 aromatic heterocycles. The lowest BCUT2D eigenvalue weighted by atomic mass is 9.92. The van der Waals surface area contributed by atoms with Gasteiger partial charge in [0, 0.05) is 32.3 Å². The molecule has 2 aromatic rings. The molecule has 1 atom stereocenters. The number of carbonyl (C=O) groups excluding carboxylic acids is 1. The molecule has 33 heavy (non-hydrogen) atoms. The third-order valence-corrected chi connectivity index (χ3v) is 5.79. The number of aromatic nitrogens is 2. The third-order valence-electron chi connectivity index (χ3n) is 5.79. The van der Waals surface area contributed by atoms with Gasteiger partial charge in [0.15, 0.2) is 5.82 Å². The monoisotopic (exact) mass is 462 g/mol. The van der Waals surface area contributed by atoms with Gasteiger partial charge in [-0.3, -0.25) is 4.79 Å². The van der Waals surface area contributed by atoms with Gasteiger partial charge in [0.25, 0.3) is 5.91 Å². The summed E-state index contributed by atoms with van der Waals surface area (Å²) in [4.78, 5) is 18.7. The molecule has 0 saturated carbocycles. The lowest BCUT2D eigenvalue weighted by Crippen LogP contribution is -2.34. The Balaban J connectivity index is 1.35. The van der Waals surface area contributed by atoms with Crippen LogP contribution in [-0.2, 0) is 11.3 Å². The Morgan fingerprint density at radius 1 is 1.36 bits per heavy atom. The number of aryl methyl sites for hydroxylation is 1. The maximum Gasteiger partial charge on any atom is 0.324 e.